The van der Waals surface area contributed by atoms with Crippen LogP contribution in [-0.2, 0) is 9.53 Å². The van der Waals surface area contributed by atoms with Crippen molar-refractivity contribution in [3.05, 3.63) is 35.9 Å². The van der Waals surface area contributed by atoms with E-state index in [-0.39, 0.29) is 18.1 Å². The second-order valence-corrected chi connectivity index (χ2v) is 4.88. The second kappa shape index (κ2) is 7.92. The number of benzene rings is 1. The topological polar surface area (TPSA) is 41.6 Å². The smallest absolute Gasteiger partial charge is 0.322 e. The van der Waals surface area contributed by atoms with Crippen molar-refractivity contribution in [3.63, 3.8) is 0 Å². The lowest BCUT2D eigenvalue weighted by atomic mass is 10.0. The first-order valence-corrected chi connectivity index (χ1v) is 6.62. The number of rotatable bonds is 7. The number of methoxy groups -OCH3 is 1. The van der Waals surface area contributed by atoms with Crippen molar-refractivity contribution in [1.29, 1.82) is 0 Å². The Bertz CT molecular complexity index is 379. The summed E-state index contributed by atoms with van der Waals surface area (Å²) in [7, 11) is 5.48. The van der Waals surface area contributed by atoms with E-state index in [0.29, 0.717) is 6.42 Å². The lowest BCUT2D eigenvalue weighted by molar-refractivity contribution is -0.143. The van der Waals surface area contributed by atoms with E-state index in [0.717, 1.165) is 6.54 Å². The van der Waals surface area contributed by atoms with Gasteiger partial charge in [0.2, 0.25) is 0 Å². The molecule has 0 saturated heterocycles. The molecule has 0 bridgehead atoms. The van der Waals surface area contributed by atoms with Gasteiger partial charge in [0, 0.05) is 12.6 Å². The molecule has 0 amide bonds. The maximum Gasteiger partial charge on any atom is 0.322 e. The van der Waals surface area contributed by atoms with Crippen LogP contribution in [0.25, 0.3) is 0 Å². The summed E-state index contributed by atoms with van der Waals surface area (Å²) in [4.78, 5) is 13.8. The Morgan fingerprint density at radius 3 is 2.42 bits per heavy atom. The fraction of sp³-hybridized carbons (Fsp3) is 0.533. The van der Waals surface area contributed by atoms with Gasteiger partial charge in [-0.25, -0.2) is 0 Å². The van der Waals surface area contributed by atoms with Crippen LogP contribution in [0.5, 0.6) is 0 Å². The van der Waals surface area contributed by atoms with Gasteiger partial charge in [0.15, 0.2) is 0 Å². The first-order valence-electron chi connectivity index (χ1n) is 6.62. The number of ether oxygens (including phenoxy) is 1. The first kappa shape index (κ1) is 15.7. The SMILES string of the molecule is CCC(NC(CN(C)C)c1ccccc1)C(=O)OC. The molecule has 2 atom stereocenters. The molecule has 19 heavy (non-hydrogen) atoms. The quantitative estimate of drug-likeness (QED) is 0.763. The molecule has 0 heterocycles. The molecule has 1 N–H and O–H groups in total. The lowest BCUT2D eigenvalue weighted by Crippen LogP contribution is -2.42. The van der Waals surface area contributed by atoms with Crippen LogP contribution >= 0.6 is 0 Å². The Kier molecular flexibility index (Phi) is 6.53. The van der Waals surface area contributed by atoms with Gasteiger partial charge in [0.25, 0.3) is 0 Å². The van der Waals surface area contributed by atoms with Gasteiger partial charge >= 0.3 is 5.97 Å². The second-order valence-electron chi connectivity index (χ2n) is 4.88. The van der Waals surface area contributed by atoms with Gasteiger partial charge in [-0.15, -0.1) is 0 Å². The molecule has 0 aliphatic rings. The van der Waals surface area contributed by atoms with Crippen LogP contribution in [0.2, 0.25) is 0 Å². The minimum absolute atomic E-state index is 0.111. The Hall–Kier alpha value is -1.39. The molecule has 1 aromatic rings. The van der Waals surface area contributed by atoms with E-state index in [2.05, 4.69) is 22.3 Å². The lowest BCUT2D eigenvalue weighted by Gasteiger charge is -2.26. The van der Waals surface area contributed by atoms with Crippen molar-refractivity contribution in [1.82, 2.24) is 10.2 Å². The summed E-state index contributed by atoms with van der Waals surface area (Å²) < 4.78 is 4.83. The average Bonchev–Trinajstić information content (AvgIpc) is 2.43. The summed E-state index contributed by atoms with van der Waals surface area (Å²) in [5.74, 6) is -0.206. The number of likely N-dealkylation sites (N-methyl/N-ethyl adjacent to an activating group) is 1. The van der Waals surface area contributed by atoms with E-state index >= 15 is 0 Å². The number of esters is 1. The van der Waals surface area contributed by atoms with Crippen molar-refractivity contribution >= 4 is 5.97 Å². The summed E-state index contributed by atoms with van der Waals surface area (Å²) in [6.45, 7) is 2.81. The molecule has 0 aliphatic carbocycles. The van der Waals surface area contributed by atoms with Gasteiger partial charge < -0.3 is 9.64 Å². The van der Waals surface area contributed by atoms with E-state index in [1.807, 2.05) is 39.2 Å². The molecule has 0 radical (unpaired) electrons. The average molecular weight is 264 g/mol. The van der Waals surface area contributed by atoms with Gasteiger partial charge in [0.1, 0.15) is 6.04 Å². The summed E-state index contributed by atoms with van der Waals surface area (Å²) in [6.07, 6.45) is 0.712. The molecule has 0 aromatic heterocycles. The zero-order valence-corrected chi connectivity index (χ0v) is 12.2. The number of hydrogen-bond donors (Lipinski definition) is 1. The van der Waals surface area contributed by atoms with Gasteiger partial charge in [-0.3, -0.25) is 10.1 Å². The highest BCUT2D eigenvalue weighted by molar-refractivity contribution is 5.75. The highest BCUT2D eigenvalue weighted by Gasteiger charge is 2.22. The molecule has 0 spiro atoms. The van der Waals surface area contributed by atoms with Gasteiger partial charge in [0.05, 0.1) is 7.11 Å². The largest absolute Gasteiger partial charge is 0.468 e. The predicted molar refractivity (Wildman–Crippen MR) is 77.0 cm³/mol. The van der Waals surface area contributed by atoms with Crippen LogP contribution in [0.4, 0.5) is 0 Å². The Morgan fingerprint density at radius 2 is 1.95 bits per heavy atom. The van der Waals surface area contributed by atoms with E-state index in [4.69, 9.17) is 4.74 Å². The maximum atomic E-state index is 11.7. The highest BCUT2D eigenvalue weighted by Crippen LogP contribution is 2.15. The minimum atomic E-state index is -0.268. The number of nitrogens with zero attached hydrogens (tertiary/aromatic N) is 1. The summed E-state index contributed by atoms with van der Waals surface area (Å²) in [6, 6.07) is 10.0. The maximum absolute atomic E-state index is 11.7. The molecular weight excluding hydrogens is 240 g/mol. The van der Waals surface area contributed by atoms with Crippen molar-refractivity contribution in [2.75, 3.05) is 27.7 Å². The van der Waals surface area contributed by atoms with Crippen LogP contribution in [0.3, 0.4) is 0 Å². The van der Waals surface area contributed by atoms with E-state index < -0.39 is 0 Å². The van der Waals surface area contributed by atoms with Crippen molar-refractivity contribution in [2.45, 2.75) is 25.4 Å². The Morgan fingerprint density at radius 1 is 1.32 bits per heavy atom. The molecule has 4 nitrogen and oxygen atoms in total. The predicted octanol–water partition coefficient (Wildman–Crippen LogP) is 1.83. The minimum Gasteiger partial charge on any atom is -0.468 e. The monoisotopic (exact) mass is 264 g/mol. The molecule has 0 fully saturated rings. The first-order chi connectivity index (χ1) is 9.08. The zero-order valence-electron chi connectivity index (χ0n) is 12.2. The third kappa shape index (κ3) is 5.01. The number of nitrogens with one attached hydrogen (secondary N) is 1. The van der Waals surface area contributed by atoms with Gasteiger partial charge in [-0.05, 0) is 26.1 Å². The third-order valence-corrected chi connectivity index (χ3v) is 3.05. The molecule has 2 unspecified atom stereocenters. The van der Waals surface area contributed by atoms with Gasteiger partial charge in [-0.1, -0.05) is 37.3 Å². The van der Waals surface area contributed by atoms with Crippen molar-refractivity contribution < 1.29 is 9.53 Å². The fourth-order valence-electron chi connectivity index (χ4n) is 2.04. The number of carbonyl (C=O) groups excluding carboxylic acids is 1. The normalized spacial score (nSPS) is 14.2. The van der Waals surface area contributed by atoms with Crippen molar-refractivity contribution in [3.8, 4) is 0 Å². The summed E-state index contributed by atoms with van der Waals surface area (Å²) in [5.41, 5.74) is 1.18. The molecule has 106 valence electrons. The molecule has 0 saturated carbocycles. The fourth-order valence-corrected chi connectivity index (χ4v) is 2.04. The Balaban J connectivity index is 2.83. The van der Waals surface area contributed by atoms with E-state index in [1.165, 1.54) is 12.7 Å². The van der Waals surface area contributed by atoms with E-state index in [9.17, 15) is 4.79 Å². The molecule has 4 heteroatoms. The highest BCUT2D eigenvalue weighted by atomic mass is 16.5. The van der Waals surface area contributed by atoms with Crippen LogP contribution in [-0.4, -0.2) is 44.7 Å². The van der Waals surface area contributed by atoms with E-state index in [1.54, 1.807) is 0 Å². The third-order valence-electron chi connectivity index (χ3n) is 3.05. The summed E-state index contributed by atoms with van der Waals surface area (Å²) in [5, 5.41) is 3.39. The molecule has 1 aromatic carbocycles. The standard InChI is InChI=1S/C15H24N2O2/c1-5-13(15(18)19-4)16-14(11-17(2)3)12-9-7-6-8-10-12/h6-10,13-14,16H,5,11H2,1-4H3. The summed E-state index contributed by atoms with van der Waals surface area (Å²) >= 11 is 0. The molecule has 0 aliphatic heterocycles. The van der Waals surface area contributed by atoms with Crippen LogP contribution < -0.4 is 5.32 Å². The van der Waals surface area contributed by atoms with Crippen LogP contribution in [0.15, 0.2) is 30.3 Å². The number of hydrogen-bond acceptors (Lipinski definition) is 4. The van der Waals surface area contributed by atoms with Crippen molar-refractivity contribution in [2.24, 2.45) is 0 Å². The molecule has 1 rings (SSSR count). The molecular formula is C15H24N2O2. The zero-order chi connectivity index (χ0) is 14.3. The van der Waals surface area contributed by atoms with Crippen LogP contribution in [0.1, 0.15) is 24.9 Å². The Labute approximate surface area is 115 Å². The van der Waals surface area contributed by atoms with Crippen LogP contribution in [0, 0.1) is 0 Å². The van der Waals surface area contributed by atoms with Gasteiger partial charge in [-0.2, -0.15) is 0 Å². The number of carbonyl (C=O) groups is 1.